The van der Waals surface area contributed by atoms with E-state index in [0.29, 0.717) is 12.1 Å². The fraction of sp³-hybridized carbons (Fsp3) is 0.231. The monoisotopic (exact) mass is 428 g/mol. The first-order valence-corrected chi connectivity index (χ1v) is 10.6. The molecule has 1 amide bonds. The molecule has 1 fully saturated rings. The Morgan fingerprint density at radius 1 is 0.969 bits per heavy atom. The highest BCUT2D eigenvalue weighted by Crippen LogP contribution is 2.60. The largest absolute Gasteiger partial charge is 0.497 e. The van der Waals surface area contributed by atoms with Crippen molar-refractivity contribution in [3.05, 3.63) is 90.0 Å². The normalized spacial score (nSPS) is 23.7. The standard InChI is InChI=1S/C26H24N2O4/c1-31-19-14-12-18(13-15-19)28-22(17-8-4-3-5-9-17)16-26(25(30)32-2)23(28)20-10-6-7-11-21(20)27-24(26)29/h3-15,22-23H,16H2,1-2H3,(H,27,29)/t22-,23-,26+/m0/s1. The number of carbonyl (C=O) groups is 2. The van der Waals surface area contributed by atoms with Crippen LogP contribution in [0.4, 0.5) is 11.4 Å². The maximum Gasteiger partial charge on any atom is 0.324 e. The van der Waals surface area contributed by atoms with Crippen LogP contribution in [0, 0.1) is 5.41 Å². The number of esters is 1. The lowest BCUT2D eigenvalue weighted by Crippen LogP contribution is -2.51. The second-order valence-electron chi connectivity index (χ2n) is 8.14. The summed E-state index contributed by atoms with van der Waals surface area (Å²) in [7, 11) is 2.97. The summed E-state index contributed by atoms with van der Waals surface area (Å²) in [6, 6.07) is 24.6. The van der Waals surface area contributed by atoms with Crippen LogP contribution in [0.1, 0.15) is 29.6 Å². The summed E-state index contributed by atoms with van der Waals surface area (Å²) in [6.07, 6.45) is 0.306. The van der Waals surface area contributed by atoms with Crippen LogP contribution in [0.3, 0.4) is 0 Å². The maximum atomic E-state index is 13.6. The highest BCUT2D eigenvalue weighted by atomic mass is 16.5. The second kappa shape index (κ2) is 7.71. The Balaban J connectivity index is 1.77. The van der Waals surface area contributed by atoms with Crippen LogP contribution < -0.4 is 15.0 Å². The minimum Gasteiger partial charge on any atom is -0.497 e. The molecule has 3 aromatic rings. The van der Waals surface area contributed by atoms with E-state index in [1.165, 1.54) is 7.11 Å². The topological polar surface area (TPSA) is 67.9 Å². The number of para-hydroxylation sites is 1. The summed E-state index contributed by atoms with van der Waals surface area (Å²) in [5.74, 6) is -0.110. The van der Waals surface area contributed by atoms with Crippen molar-refractivity contribution < 1.29 is 19.1 Å². The van der Waals surface area contributed by atoms with Crippen molar-refractivity contribution in [3.8, 4) is 5.75 Å². The Morgan fingerprint density at radius 3 is 2.34 bits per heavy atom. The third-order valence-electron chi connectivity index (χ3n) is 6.61. The molecule has 3 aromatic carbocycles. The van der Waals surface area contributed by atoms with E-state index in [9.17, 15) is 9.59 Å². The fourth-order valence-electron chi connectivity index (χ4n) is 5.15. The van der Waals surface area contributed by atoms with Gasteiger partial charge in [-0.25, -0.2) is 0 Å². The molecule has 3 atom stereocenters. The third kappa shape index (κ3) is 2.87. The Kier molecular flexibility index (Phi) is 4.85. The number of hydrogen-bond acceptors (Lipinski definition) is 5. The number of nitrogens with one attached hydrogen (secondary N) is 1. The van der Waals surface area contributed by atoms with Crippen molar-refractivity contribution in [2.75, 3.05) is 24.4 Å². The van der Waals surface area contributed by atoms with Gasteiger partial charge in [0.1, 0.15) is 5.75 Å². The molecule has 6 heteroatoms. The minimum absolute atomic E-state index is 0.203. The first kappa shape index (κ1) is 20.1. The Morgan fingerprint density at radius 2 is 1.66 bits per heavy atom. The molecule has 162 valence electrons. The summed E-state index contributed by atoms with van der Waals surface area (Å²) in [5, 5.41) is 2.96. The molecule has 0 bridgehead atoms. The van der Waals surface area contributed by atoms with Gasteiger partial charge in [-0.1, -0.05) is 48.5 Å². The number of nitrogens with zero attached hydrogens (tertiary/aromatic N) is 1. The number of methoxy groups -OCH3 is 2. The Hall–Kier alpha value is -3.80. The molecule has 0 saturated carbocycles. The first-order chi connectivity index (χ1) is 15.6. The molecule has 1 saturated heterocycles. The summed E-state index contributed by atoms with van der Waals surface area (Å²) >= 11 is 0. The van der Waals surface area contributed by atoms with Gasteiger partial charge in [0.15, 0.2) is 5.41 Å². The number of amides is 1. The van der Waals surface area contributed by atoms with Crippen LogP contribution in [0.15, 0.2) is 78.9 Å². The number of carbonyl (C=O) groups excluding carboxylic acids is 2. The van der Waals surface area contributed by atoms with E-state index in [0.717, 1.165) is 22.6 Å². The summed E-state index contributed by atoms with van der Waals surface area (Å²) in [4.78, 5) is 29.1. The van der Waals surface area contributed by atoms with Crippen molar-refractivity contribution in [2.24, 2.45) is 5.41 Å². The van der Waals surface area contributed by atoms with Crippen LogP contribution in [0.2, 0.25) is 0 Å². The molecule has 1 N–H and O–H groups in total. The molecule has 0 spiro atoms. The number of anilines is 2. The second-order valence-corrected chi connectivity index (χ2v) is 8.14. The SMILES string of the molecule is COC(=O)[C@]12C[C@@H](c3ccccc3)N(c3ccc(OC)cc3)[C@H]1c1ccccc1NC2=O. The molecule has 0 unspecified atom stereocenters. The lowest BCUT2D eigenvalue weighted by Gasteiger charge is -2.41. The maximum absolute atomic E-state index is 13.6. The summed E-state index contributed by atoms with van der Waals surface area (Å²) in [6.45, 7) is 0. The molecule has 0 aliphatic carbocycles. The highest BCUT2D eigenvalue weighted by Gasteiger charge is 2.65. The summed E-state index contributed by atoms with van der Waals surface area (Å²) in [5.41, 5.74) is 2.18. The van der Waals surface area contributed by atoms with Gasteiger partial charge in [-0.05, 0) is 47.9 Å². The third-order valence-corrected chi connectivity index (χ3v) is 6.61. The van der Waals surface area contributed by atoms with Crippen molar-refractivity contribution in [1.29, 1.82) is 0 Å². The van der Waals surface area contributed by atoms with Crippen LogP contribution in [-0.2, 0) is 14.3 Å². The van der Waals surface area contributed by atoms with E-state index in [2.05, 4.69) is 10.2 Å². The molecule has 2 aliphatic heterocycles. The molecule has 0 aromatic heterocycles. The lowest BCUT2D eigenvalue weighted by atomic mass is 9.72. The molecule has 2 heterocycles. The number of hydrogen-bond donors (Lipinski definition) is 1. The average Bonchev–Trinajstić information content (AvgIpc) is 3.22. The lowest BCUT2D eigenvalue weighted by molar-refractivity contribution is -0.158. The van der Waals surface area contributed by atoms with Crippen LogP contribution >= 0.6 is 0 Å². The van der Waals surface area contributed by atoms with E-state index < -0.39 is 17.4 Å². The van der Waals surface area contributed by atoms with Gasteiger partial charge in [-0.2, -0.15) is 0 Å². The number of benzene rings is 3. The van der Waals surface area contributed by atoms with E-state index in [-0.39, 0.29) is 11.9 Å². The zero-order valence-corrected chi connectivity index (χ0v) is 17.9. The number of fused-ring (bicyclic) bond motifs is 3. The summed E-state index contributed by atoms with van der Waals surface area (Å²) < 4.78 is 10.6. The Bertz CT molecular complexity index is 1160. The fourth-order valence-corrected chi connectivity index (χ4v) is 5.15. The van der Waals surface area contributed by atoms with Gasteiger partial charge >= 0.3 is 5.97 Å². The van der Waals surface area contributed by atoms with Crippen molar-refractivity contribution in [2.45, 2.75) is 18.5 Å². The van der Waals surface area contributed by atoms with Gasteiger partial charge in [0.05, 0.1) is 26.3 Å². The minimum atomic E-state index is -1.37. The molecule has 5 rings (SSSR count). The molecule has 0 radical (unpaired) electrons. The molecular formula is C26H24N2O4. The molecular weight excluding hydrogens is 404 g/mol. The molecule has 2 aliphatic rings. The predicted octanol–water partition coefficient (Wildman–Crippen LogP) is 4.50. The first-order valence-electron chi connectivity index (χ1n) is 10.6. The van der Waals surface area contributed by atoms with Gasteiger partial charge in [0.2, 0.25) is 5.91 Å². The van der Waals surface area contributed by atoms with Crippen LogP contribution in [0.25, 0.3) is 0 Å². The van der Waals surface area contributed by atoms with E-state index in [1.54, 1.807) is 7.11 Å². The zero-order valence-electron chi connectivity index (χ0n) is 17.9. The quantitative estimate of drug-likeness (QED) is 0.490. The van der Waals surface area contributed by atoms with E-state index in [4.69, 9.17) is 9.47 Å². The van der Waals surface area contributed by atoms with Crippen LogP contribution in [0.5, 0.6) is 5.75 Å². The van der Waals surface area contributed by atoms with Crippen molar-refractivity contribution in [1.82, 2.24) is 0 Å². The number of ether oxygens (including phenoxy) is 2. The zero-order chi connectivity index (χ0) is 22.3. The van der Waals surface area contributed by atoms with Gasteiger partial charge in [0, 0.05) is 11.4 Å². The van der Waals surface area contributed by atoms with Gasteiger partial charge in [-0.15, -0.1) is 0 Å². The smallest absolute Gasteiger partial charge is 0.324 e. The number of rotatable bonds is 4. The Labute approximate surface area is 186 Å². The van der Waals surface area contributed by atoms with Gasteiger partial charge in [-0.3, -0.25) is 9.59 Å². The molecule has 32 heavy (non-hydrogen) atoms. The van der Waals surface area contributed by atoms with E-state index in [1.807, 2.05) is 78.9 Å². The molecule has 6 nitrogen and oxygen atoms in total. The predicted molar refractivity (Wildman–Crippen MR) is 122 cm³/mol. The highest BCUT2D eigenvalue weighted by molar-refractivity contribution is 6.13. The van der Waals surface area contributed by atoms with Crippen LogP contribution in [-0.4, -0.2) is 26.1 Å². The van der Waals surface area contributed by atoms with E-state index >= 15 is 0 Å². The van der Waals surface area contributed by atoms with Gasteiger partial charge in [0.25, 0.3) is 0 Å². The average molecular weight is 428 g/mol. The van der Waals surface area contributed by atoms with Crippen molar-refractivity contribution >= 4 is 23.3 Å². The van der Waals surface area contributed by atoms with Gasteiger partial charge < -0.3 is 19.7 Å². The van der Waals surface area contributed by atoms with Crippen molar-refractivity contribution in [3.63, 3.8) is 0 Å².